The van der Waals surface area contributed by atoms with Gasteiger partial charge in [-0.1, -0.05) is 58.0 Å². The largest absolute Gasteiger partial charge is 0.481 e. The van der Waals surface area contributed by atoms with E-state index in [0.717, 1.165) is 5.56 Å². The lowest BCUT2D eigenvalue weighted by Crippen LogP contribution is -2.58. The summed E-state index contributed by atoms with van der Waals surface area (Å²) in [6.45, 7) is 6.96. The first-order chi connectivity index (χ1) is 16.3. The zero-order valence-electron chi connectivity index (χ0n) is 20.5. The molecule has 0 aromatic heterocycles. The van der Waals surface area contributed by atoms with Crippen molar-refractivity contribution in [2.24, 2.45) is 17.6 Å². The minimum atomic E-state index is -1.56. The van der Waals surface area contributed by atoms with Crippen molar-refractivity contribution in [3.63, 3.8) is 0 Å². The second kappa shape index (κ2) is 14.1. The molecule has 3 amide bonds. The SMILES string of the molecule is CC(C)CC(N)C(=O)NC(Cc1ccccc1)C(=O)NC(CC(=O)O)C(=O)NC(C(=O)O)C(C)C. The highest BCUT2D eigenvalue weighted by Gasteiger charge is 2.32. The fraction of sp³-hybridized carbons (Fsp3) is 0.542. The third-order valence-corrected chi connectivity index (χ3v) is 5.22. The molecule has 0 fully saturated rings. The Morgan fingerprint density at radius 3 is 1.86 bits per heavy atom. The first-order valence-corrected chi connectivity index (χ1v) is 11.5. The van der Waals surface area contributed by atoms with Gasteiger partial charge in [0.25, 0.3) is 0 Å². The summed E-state index contributed by atoms with van der Waals surface area (Å²) in [6.07, 6.45) is -0.319. The summed E-state index contributed by atoms with van der Waals surface area (Å²) in [6, 6.07) is 3.98. The molecule has 0 aliphatic rings. The number of carboxylic acid groups (broad SMARTS) is 2. The molecule has 4 unspecified atom stereocenters. The lowest BCUT2D eigenvalue weighted by molar-refractivity contribution is -0.144. The molecule has 0 saturated carbocycles. The Hall–Kier alpha value is -3.47. The second-order valence-corrected chi connectivity index (χ2v) is 9.21. The highest BCUT2D eigenvalue weighted by atomic mass is 16.4. The number of rotatable bonds is 14. The normalized spacial score (nSPS) is 14.5. The van der Waals surface area contributed by atoms with E-state index in [-0.39, 0.29) is 12.3 Å². The molecule has 0 bridgehead atoms. The van der Waals surface area contributed by atoms with E-state index in [1.165, 1.54) is 0 Å². The summed E-state index contributed by atoms with van der Waals surface area (Å²) in [5.74, 6) is -5.31. The van der Waals surface area contributed by atoms with Crippen LogP contribution in [0.1, 0.15) is 46.1 Å². The number of nitrogens with one attached hydrogen (secondary N) is 3. The molecule has 194 valence electrons. The number of hydrogen-bond donors (Lipinski definition) is 6. The van der Waals surface area contributed by atoms with Crippen molar-refractivity contribution in [1.82, 2.24) is 16.0 Å². The molecule has 0 saturated heterocycles. The third-order valence-electron chi connectivity index (χ3n) is 5.22. The van der Waals surface area contributed by atoms with Gasteiger partial charge in [0, 0.05) is 6.42 Å². The lowest BCUT2D eigenvalue weighted by atomic mass is 10.0. The number of carbonyl (C=O) groups is 5. The van der Waals surface area contributed by atoms with Gasteiger partial charge in [-0.2, -0.15) is 0 Å². The fourth-order valence-corrected chi connectivity index (χ4v) is 3.38. The van der Waals surface area contributed by atoms with Gasteiger partial charge >= 0.3 is 11.9 Å². The van der Waals surface area contributed by atoms with Gasteiger partial charge in [0.2, 0.25) is 17.7 Å². The van der Waals surface area contributed by atoms with E-state index >= 15 is 0 Å². The maximum Gasteiger partial charge on any atom is 0.326 e. The van der Waals surface area contributed by atoms with E-state index < -0.39 is 66.2 Å². The fourth-order valence-electron chi connectivity index (χ4n) is 3.38. The van der Waals surface area contributed by atoms with Crippen LogP contribution >= 0.6 is 0 Å². The number of nitrogens with two attached hydrogens (primary N) is 1. The summed E-state index contributed by atoms with van der Waals surface area (Å²) >= 11 is 0. The molecule has 7 N–H and O–H groups in total. The van der Waals surface area contributed by atoms with Crippen molar-refractivity contribution < 1.29 is 34.2 Å². The van der Waals surface area contributed by atoms with Gasteiger partial charge in [0.05, 0.1) is 12.5 Å². The van der Waals surface area contributed by atoms with Crippen molar-refractivity contribution in [3.05, 3.63) is 35.9 Å². The van der Waals surface area contributed by atoms with E-state index in [1.807, 2.05) is 13.8 Å². The number of amides is 3. The van der Waals surface area contributed by atoms with Crippen molar-refractivity contribution in [2.75, 3.05) is 0 Å². The molecular formula is C24H36N4O7. The summed E-state index contributed by atoms with van der Waals surface area (Å²) in [5, 5.41) is 25.8. The molecule has 1 aromatic rings. The van der Waals surface area contributed by atoms with Crippen molar-refractivity contribution >= 4 is 29.7 Å². The van der Waals surface area contributed by atoms with Crippen LogP contribution in [-0.2, 0) is 30.4 Å². The van der Waals surface area contributed by atoms with Crippen LogP contribution in [0.15, 0.2) is 30.3 Å². The van der Waals surface area contributed by atoms with Gasteiger partial charge in [-0.15, -0.1) is 0 Å². The topological polar surface area (TPSA) is 188 Å². The Morgan fingerprint density at radius 1 is 0.829 bits per heavy atom. The van der Waals surface area contributed by atoms with Gasteiger partial charge in [-0.25, -0.2) is 4.79 Å². The molecule has 0 aliphatic carbocycles. The molecule has 0 heterocycles. The van der Waals surface area contributed by atoms with E-state index in [1.54, 1.807) is 44.2 Å². The molecule has 11 nitrogen and oxygen atoms in total. The lowest BCUT2D eigenvalue weighted by Gasteiger charge is -2.25. The van der Waals surface area contributed by atoms with Gasteiger partial charge in [-0.05, 0) is 23.8 Å². The highest BCUT2D eigenvalue weighted by Crippen LogP contribution is 2.08. The first kappa shape index (κ1) is 29.6. The van der Waals surface area contributed by atoms with Gasteiger partial charge < -0.3 is 31.9 Å². The van der Waals surface area contributed by atoms with Crippen molar-refractivity contribution in [3.8, 4) is 0 Å². The summed E-state index contributed by atoms with van der Waals surface area (Å²) in [5.41, 5.74) is 6.66. The van der Waals surface area contributed by atoms with E-state index in [2.05, 4.69) is 16.0 Å². The second-order valence-electron chi connectivity index (χ2n) is 9.21. The molecule has 0 radical (unpaired) electrons. The Morgan fingerprint density at radius 2 is 1.37 bits per heavy atom. The Kier molecular flexibility index (Phi) is 11.9. The van der Waals surface area contributed by atoms with Crippen LogP contribution in [0.2, 0.25) is 0 Å². The molecule has 1 rings (SSSR count). The van der Waals surface area contributed by atoms with Crippen LogP contribution in [0.5, 0.6) is 0 Å². The van der Waals surface area contributed by atoms with Crippen LogP contribution in [0.4, 0.5) is 0 Å². The maximum atomic E-state index is 13.1. The molecule has 0 aliphatic heterocycles. The van der Waals surface area contributed by atoms with Crippen LogP contribution < -0.4 is 21.7 Å². The number of benzene rings is 1. The number of hydrogen-bond acceptors (Lipinski definition) is 6. The average Bonchev–Trinajstić information content (AvgIpc) is 2.75. The molecule has 4 atom stereocenters. The van der Waals surface area contributed by atoms with Crippen LogP contribution in [-0.4, -0.2) is 64.0 Å². The predicted molar refractivity (Wildman–Crippen MR) is 128 cm³/mol. The standard InChI is InChI=1S/C24H36N4O7/c1-13(2)10-16(25)21(31)26-17(11-15-8-6-5-7-9-15)22(32)27-18(12-19(29)30)23(33)28-20(14(3)4)24(34)35/h5-9,13-14,16-18,20H,10-12,25H2,1-4H3,(H,26,31)(H,27,32)(H,28,33)(H,29,30)(H,34,35). The third kappa shape index (κ3) is 10.6. The Balaban J connectivity index is 3.11. The Bertz CT molecular complexity index is 889. The molecule has 35 heavy (non-hydrogen) atoms. The van der Waals surface area contributed by atoms with E-state index in [9.17, 15) is 34.2 Å². The highest BCUT2D eigenvalue weighted by molar-refractivity contribution is 5.95. The van der Waals surface area contributed by atoms with Crippen LogP contribution in [0, 0.1) is 11.8 Å². The smallest absolute Gasteiger partial charge is 0.326 e. The minimum Gasteiger partial charge on any atom is -0.481 e. The number of carbonyl (C=O) groups excluding carboxylic acids is 3. The summed E-state index contributed by atoms with van der Waals surface area (Å²) in [4.78, 5) is 61.2. The van der Waals surface area contributed by atoms with Crippen LogP contribution in [0.25, 0.3) is 0 Å². The van der Waals surface area contributed by atoms with Crippen molar-refractivity contribution in [2.45, 2.75) is 71.1 Å². The quantitative estimate of drug-likeness (QED) is 0.213. The molecule has 1 aromatic carbocycles. The first-order valence-electron chi connectivity index (χ1n) is 11.5. The number of carboxylic acids is 2. The zero-order chi connectivity index (χ0) is 26.7. The summed E-state index contributed by atoms with van der Waals surface area (Å²) in [7, 11) is 0. The van der Waals surface area contributed by atoms with Gasteiger partial charge in [0.15, 0.2) is 0 Å². The van der Waals surface area contributed by atoms with Gasteiger partial charge in [-0.3, -0.25) is 19.2 Å². The predicted octanol–water partition coefficient (Wildman–Crippen LogP) is 0.272. The van der Waals surface area contributed by atoms with Crippen LogP contribution in [0.3, 0.4) is 0 Å². The van der Waals surface area contributed by atoms with E-state index in [0.29, 0.717) is 6.42 Å². The molecular weight excluding hydrogens is 456 g/mol. The Labute approximate surface area is 204 Å². The van der Waals surface area contributed by atoms with Gasteiger partial charge in [0.1, 0.15) is 18.1 Å². The average molecular weight is 493 g/mol. The molecule has 0 spiro atoms. The maximum absolute atomic E-state index is 13.1. The molecule has 11 heteroatoms. The minimum absolute atomic E-state index is 0.0674. The number of aliphatic carboxylic acids is 2. The zero-order valence-corrected chi connectivity index (χ0v) is 20.5. The monoisotopic (exact) mass is 492 g/mol. The summed E-state index contributed by atoms with van der Waals surface area (Å²) < 4.78 is 0. The van der Waals surface area contributed by atoms with E-state index in [4.69, 9.17) is 5.73 Å². The van der Waals surface area contributed by atoms with Crippen molar-refractivity contribution in [1.29, 1.82) is 0 Å².